The van der Waals surface area contributed by atoms with Gasteiger partial charge >= 0.3 is 5.97 Å². The normalized spacial score (nSPS) is 15.3. The lowest BCUT2D eigenvalue weighted by atomic mass is 9.90. The standard InChI is InChI=1S/C39H36N2O7/c1-43-29-15-12-27(13-16-29)37-31(20-24-21-34(44-2)38(46-4)35(22-24)45-3)36(39(42)47-37)28-14-17-33-32(23-28)40-48-41(33)19-18-26-10-7-9-25-8-5-6-11-30(25)26/h5-17,21-23,37,40H,18-20H2,1-4H3. The van der Waals surface area contributed by atoms with Crippen LogP contribution in [-0.4, -0.2) is 41.0 Å². The van der Waals surface area contributed by atoms with E-state index < -0.39 is 12.1 Å². The van der Waals surface area contributed by atoms with Gasteiger partial charge in [-0.15, -0.1) is 0 Å². The summed E-state index contributed by atoms with van der Waals surface area (Å²) in [6.07, 6.45) is 0.587. The van der Waals surface area contributed by atoms with Crippen LogP contribution >= 0.6 is 0 Å². The number of hydroxylamine groups is 1. The Hall–Kier alpha value is -5.67. The molecule has 0 bridgehead atoms. The highest BCUT2D eigenvalue weighted by Gasteiger charge is 2.37. The Bertz CT molecular complexity index is 1990. The predicted octanol–water partition coefficient (Wildman–Crippen LogP) is 7.49. The molecule has 1 unspecified atom stereocenters. The number of methoxy groups -OCH3 is 4. The molecule has 48 heavy (non-hydrogen) atoms. The van der Waals surface area contributed by atoms with Gasteiger partial charge in [0.15, 0.2) is 11.5 Å². The third-order valence-electron chi connectivity index (χ3n) is 8.89. The molecule has 0 fully saturated rings. The van der Waals surface area contributed by atoms with Crippen LogP contribution in [0.3, 0.4) is 0 Å². The number of anilines is 2. The summed E-state index contributed by atoms with van der Waals surface area (Å²) in [7, 11) is 6.35. The first-order valence-electron chi connectivity index (χ1n) is 15.7. The van der Waals surface area contributed by atoms with Gasteiger partial charge in [-0.2, -0.15) is 4.94 Å². The van der Waals surface area contributed by atoms with Crippen LogP contribution in [0.1, 0.15) is 28.4 Å². The molecule has 0 radical (unpaired) electrons. The molecule has 0 spiro atoms. The Morgan fingerprint density at radius 2 is 1.54 bits per heavy atom. The maximum absolute atomic E-state index is 13.7. The molecule has 2 aliphatic heterocycles. The molecule has 0 saturated carbocycles. The van der Waals surface area contributed by atoms with Crippen LogP contribution in [-0.2, 0) is 27.3 Å². The predicted molar refractivity (Wildman–Crippen MR) is 185 cm³/mol. The van der Waals surface area contributed by atoms with Gasteiger partial charge in [-0.05, 0) is 87.8 Å². The smallest absolute Gasteiger partial charge is 0.339 e. The number of rotatable bonds is 11. The molecule has 2 heterocycles. The fraction of sp³-hybridized carbons (Fsp3) is 0.205. The topological polar surface area (TPSA) is 87.7 Å². The highest BCUT2D eigenvalue weighted by atomic mass is 16.8. The zero-order valence-electron chi connectivity index (χ0n) is 27.2. The van der Waals surface area contributed by atoms with E-state index in [1.54, 1.807) is 28.4 Å². The van der Waals surface area contributed by atoms with Crippen molar-refractivity contribution in [3.8, 4) is 23.0 Å². The van der Waals surface area contributed by atoms with Crippen molar-refractivity contribution < 1.29 is 33.4 Å². The fourth-order valence-electron chi connectivity index (χ4n) is 6.53. The minimum absolute atomic E-state index is 0.395. The Balaban J connectivity index is 1.23. The van der Waals surface area contributed by atoms with Crippen molar-refractivity contribution in [1.29, 1.82) is 0 Å². The first-order valence-corrected chi connectivity index (χ1v) is 15.7. The Morgan fingerprint density at radius 1 is 0.792 bits per heavy atom. The summed E-state index contributed by atoms with van der Waals surface area (Å²) >= 11 is 0. The second-order valence-electron chi connectivity index (χ2n) is 11.6. The van der Waals surface area contributed by atoms with E-state index in [9.17, 15) is 4.79 Å². The van der Waals surface area contributed by atoms with Crippen molar-refractivity contribution in [3.05, 3.63) is 125 Å². The van der Waals surface area contributed by atoms with Gasteiger partial charge in [-0.3, -0.25) is 0 Å². The lowest BCUT2D eigenvalue weighted by molar-refractivity contribution is -0.138. The van der Waals surface area contributed by atoms with Gasteiger partial charge in [0, 0.05) is 0 Å². The van der Waals surface area contributed by atoms with Gasteiger partial charge in [0.1, 0.15) is 11.9 Å². The zero-order valence-corrected chi connectivity index (χ0v) is 27.2. The number of hydrogen-bond donors (Lipinski definition) is 1. The van der Waals surface area contributed by atoms with E-state index in [0.717, 1.165) is 40.1 Å². The third-order valence-corrected chi connectivity index (χ3v) is 8.89. The molecular weight excluding hydrogens is 608 g/mol. The number of esters is 1. The van der Waals surface area contributed by atoms with Crippen LogP contribution in [0.5, 0.6) is 23.0 Å². The number of nitrogens with zero attached hydrogens (tertiary/aromatic N) is 1. The minimum Gasteiger partial charge on any atom is -0.497 e. The Labute approximate surface area is 279 Å². The molecule has 9 nitrogen and oxygen atoms in total. The zero-order chi connectivity index (χ0) is 33.2. The molecule has 0 amide bonds. The number of benzene rings is 5. The number of cyclic esters (lactones) is 1. The molecule has 0 saturated heterocycles. The maximum atomic E-state index is 13.7. The average Bonchev–Trinajstić information content (AvgIpc) is 3.69. The third kappa shape index (κ3) is 5.73. The quantitative estimate of drug-likeness (QED) is 0.147. The largest absolute Gasteiger partial charge is 0.497 e. The molecule has 244 valence electrons. The van der Waals surface area contributed by atoms with E-state index in [1.165, 1.54) is 16.3 Å². The second-order valence-corrected chi connectivity index (χ2v) is 11.6. The molecule has 0 aliphatic carbocycles. The Kier molecular flexibility index (Phi) is 8.52. The molecule has 5 aromatic carbocycles. The van der Waals surface area contributed by atoms with E-state index in [0.29, 0.717) is 41.5 Å². The fourth-order valence-corrected chi connectivity index (χ4v) is 6.53. The van der Waals surface area contributed by atoms with Gasteiger partial charge < -0.3 is 23.7 Å². The number of hydrogen-bond acceptors (Lipinski definition) is 9. The Morgan fingerprint density at radius 3 is 2.27 bits per heavy atom. The maximum Gasteiger partial charge on any atom is 0.339 e. The highest BCUT2D eigenvalue weighted by Crippen LogP contribution is 2.46. The van der Waals surface area contributed by atoms with Gasteiger partial charge in [0.2, 0.25) is 5.75 Å². The first-order chi connectivity index (χ1) is 23.5. The SMILES string of the molecule is COc1ccc(C2OC(=O)C(c3ccc4c(c3)NON4CCc3cccc4ccccc34)=C2Cc2cc(OC)c(OC)c(OC)c2)cc1. The molecule has 5 aromatic rings. The lowest BCUT2D eigenvalue weighted by Crippen LogP contribution is -2.23. The van der Waals surface area contributed by atoms with E-state index >= 15 is 0 Å². The summed E-state index contributed by atoms with van der Waals surface area (Å²) in [5.41, 5.74) is 9.72. The summed E-state index contributed by atoms with van der Waals surface area (Å²) in [5, 5.41) is 4.30. The summed E-state index contributed by atoms with van der Waals surface area (Å²) in [6.45, 7) is 0.643. The van der Waals surface area contributed by atoms with Crippen LogP contribution in [0.15, 0.2) is 103 Å². The molecule has 1 atom stereocenters. The molecule has 2 aliphatic rings. The number of carbonyl (C=O) groups excluding carboxylic acids is 1. The van der Waals surface area contributed by atoms with E-state index in [1.807, 2.05) is 59.7 Å². The van der Waals surface area contributed by atoms with Crippen LogP contribution in [0.25, 0.3) is 16.3 Å². The van der Waals surface area contributed by atoms with Crippen molar-refractivity contribution in [1.82, 2.24) is 0 Å². The van der Waals surface area contributed by atoms with Gasteiger partial charge in [-0.1, -0.05) is 60.7 Å². The van der Waals surface area contributed by atoms with Crippen LogP contribution in [0.2, 0.25) is 0 Å². The first kappa shape index (κ1) is 31.0. The molecule has 1 N–H and O–H groups in total. The lowest BCUT2D eigenvalue weighted by Gasteiger charge is -2.18. The van der Waals surface area contributed by atoms with E-state index in [-0.39, 0.29) is 0 Å². The van der Waals surface area contributed by atoms with Crippen LogP contribution < -0.4 is 29.5 Å². The summed E-state index contributed by atoms with van der Waals surface area (Å²) < 4.78 is 28.2. The number of carbonyl (C=O) groups is 1. The van der Waals surface area contributed by atoms with E-state index in [4.69, 9.17) is 28.6 Å². The van der Waals surface area contributed by atoms with Crippen molar-refractivity contribution in [3.63, 3.8) is 0 Å². The summed E-state index contributed by atoms with van der Waals surface area (Å²) in [6, 6.07) is 32.0. The van der Waals surface area contributed by atoms with Crippen molar-refractivity contribution in [2.45, 2.75) is 18.9 Å². The van der Waals surface area contributed by atoms with Crippen LogP contribution in [0.4, 0.5) is 11.4 Å². The van der Waals surface area contributed by atoms with E-state index in [2.05, 4.69) is 47.9 Å². The average molecular weight is 645 g/mol. The minimum atomic E-state index is -0.604. The van der Waals surface area contributed by atoms with Gasteiger partial charge in [-0.25, -0.2) is 15.3 Å². The number of fused-ring (bicyclic) bond motifs is 2. The summed E-state index contributed by atoms with van der Waals surface area (Å²) in [4.78, 5) is 19.6. The van der Waals surface area contributed by atoms with Gasteiger partial charge in [0.05, 0.1) is 51.9 Å². The van der Waals surface area contributed by atoms with Gasteiger partial charge in [0.25, 0.3) is 0 Å². The second kappa shape index (κ2) is 13.2. The molecule has 0 aromatic heterocycles. The van der Waals surface area contributed by atoms with Crippen molar-refractivity contribution in [2.24, 2.45) is 0 Å². The molecule has 7 rings (SSSR count). The number of ether oxygens (including phenoxy) is 5. The summed E-state index contributed by atoms with van der Waals surface area (Å²) in [5.74, 6) is 1.88. The highest BCUT2D eigenvalue weighted by molar-refractivity contribution is 6.20. The van der Waals surface area contributed by atoms with Crippen LogP contribution in [0, 0.1) is 0 Å². The molecule has 9 heteroatoms. The monoisotopic (exact) mass is 644 g/mol. The van der Waals surface area contributed by atoms with Crippen molar-refractivity contribution >= 4 is 33.7 Å². The number of nitrogens with one attached hydrogen (secondary N) is 1. The van der Waals surface area contributed by atoms with Crippen molar-refractivity contribution in [2.75, 3.05) is 45.5 Å². The molecular formula is C39H36N2O7.